The van der Waals surface area contributed by atoms with Gasteiger partial charge in [-0.1, -0.05) is 29.8 Å². The number of anilines is 1. The van der Waals surface area contributed by atoms with E-state index in [2.05, 4.69) is 20.7 Å². The summed E-state index contributed by atoms with van der Waals surface area (Å²) in [6.07, 6.45) is 0. The molecule has 6 nitrogen and oxygen atoms in total. The molecule has 0 aliphatic heterocycles. The summed E-state index contributed by atoms with van der Waals surface area (Å²) in [6.45, 7) is -0.346. The Balaban J connectivity index is 1.72. The van der Waals surface area contributed by atoms with Crippen LogP contribution in [-0.4, -0.2) is 26.1 Å². The van der Waals surface area contributed by atoms with E-state index in [1.54, 1.807) is 24.3 Å². The zero-order chi connectivity index (χ0) is 17.1. The molecule has 1 amide bonds. The Morgan fingerprint density at radius 3 is 2.58 bits per heavy atom. The molecule has 0 radical (unpaired) electrons. The molecule has 0 saturated heterocycles. The molecule has 122 valence electrons. The number of hydrogen-bond acceptors (Lipinski definition) is 4. The van der Waals surface area contributed by atoms with Gasteiger partial charge in [-0.05, 0) is 29.5 Å². The highest BCUT2D eigenvalue weighted by molar-refractivity contribution is 6.30. The largest absolute Gasteiger partial charge is 0.319 e. The third-order valence-electron chi connectivity index (χ3n) is 3.05. The van der Waals surface area contributed by atoms with E-state index >= 15 is 0 Å². The molecule has 1 aromatic heterocycles. The first-order valence-corrected chi connectivity index (χ1v) is 7.18. The standard InChI is InChI=1S/C15H10ClF2N5O/c16-10-4-1-3-9(7-10)15-20-22-23(21-15)8-13(24)19-14-11(17)5-2-6-12(14)18/h1-7H,8H2,(H,19,24). The van der Waals surface area contributed by atoms with Crippen molar-refractivity contribution in [3.63, 3.8) is 0 Å². The Labute approximate surface area is 140 Å². The number of nitrogens with zero attached hydrogens (tertiary/aromatic N) is 4. The summed E-state index contributed by atoms with van der Waals surface area (Å²) in [4.78, 5) is 12.9. The van der Waals surface area contributed by atoms with E-state index in [0.717, 1.165) is 16.9 Å². The van der Waals surface area contributed by atoms with Crippen molar-refractivity contribution in [2.45, 2.75) is 6.54 Å². The van der Waals surface area contributed by atoms with Gasteiger partial charge in [0, 0.05) is 10.6 Å². The number of para-hydroxylation sites is 1. The minimum absolute atomic E-state index is 0.280. The number of aromatic nitrogens is 4. The zero-order valence-corrected chi connectivity index (χ0v) is 12.8. The van der Waals surface area contributed by atoms with Crippen LogP contribution in [0.2, 0.25) is 5.02 Å². The van der Waals surface area contributed by atoms with Crippen LogP contribution in [0.15, 0.2) is 42.5 Å². The number of amides is 1. The van der Waals surface area contributed by atoms with Crippen LogP contribution >= 0.6 is 11.6 Å². The molecule has 0 aliphatic rings. The first kappa shape index (κ1) is 16.0. The van der Waals surface area contributed by atoms with Gasteiger partial charge in [0.15, 0.2) is 0 Å². The molecule has 0 bridgehead atoms. The highest BCUT2D eigenvalue weighted by Crippen LogP contribution is 2.19. The fourth-order valence-corrected chi connectivity index (χ4v) is 2.17. The predicted octanol–water partition coefficient (Wildman–Crippen LogP) is 2.91. The van der Waals surface area contributed by atoms with Gasteiger partial charge in [0.05, 0.1) is 0 Å². The van der Waals surface area contributed by atoms with Gasteiger partial charge in [-0.15, -0.1) is 10.2 Å². The van der Waals surface area contributed by atoms with Crippen LogP contribution in [0, 0.1) is 11.6 Å². The Morgan fingerprint density at radius 1 is 1.17 bits per heavy atom. The van der Waals surface area contributed by atoms with Crippen LogP contribution in [0.3, 0.4) is 0 Å². The van der Waals surface area contributed by atoms with Crippen LogP contribution in [0.25, 0.3) is 11.4 Å². The van der Waals surface area contributed by atoms with Crippen LogP contribution in [0.1, 0.15) is 0 Å². The lowest BCUT2D eigenvalue weighted by atomic mass is 10.2. The molecule has 0 fully saturated rings. The van der Waals surface area contributed by atoms with E-state index in [-0.39, 0.29) is 12.4 Å². The molecule has 1 N–H and O–H groups in total. The lowest BCUT2D eigenvalue weighted by Gasteiger charge is -2.06. The minimum Gasteiger partial charge on any atom is -0.319 e. The first-order chi connectivity index (χ1) is 11.5. The van der Waals surface area contributed by atoms with Crippen LogP contribution in [0.4, 0.5) is 14.5 Å². The van der Waals surface area contributed by atoms with Gasteiger partial charge in [0.25, 0.3) is 0 Å². The van der Waals surface area contributed by atoms with Crippen molar-refractivity contribution < 1.29 is 13.6 Å². The Kier molecular flexibility index (Phi) is 4.48. The number of carbonyl (C=O) groups excluding carboxylic acids is 1. The van der Waals surface area contributed by atoms with Gasteiger partial charge in [0.2, 0.25) is 11.7 Å². The van der Waals surface area contributed by atoms with E-state index < -0.39 is 23.2 Å². The maximum absolute atomic E-state index is 13.5. The Hall–Kier alpha value is -2.87. The number of nitrogens with one attached hydrogen (secondary N) is 1. The number of carbonyl (C=O) groups is 1. The molecule has 9 heteroatoms. The molecule has 2 aromatic carbocycles. The topological polar surface area (TPSA) is 72.7 Å². The second kappa shape index (κ2) is 6.71. The lowest BCUT2D eigenvalue weighted by molar-refractivity contribution is -0.117. The molecule has 0 saturated carbocycles. The first-order valence-electron chi connectivity index (χ1n) is 6.80. The van der Waals surface area contributed by atoms with Crippen molar-refractivity contribution in [1.29, 1.82) is 0 Å². The maximum atomic E-state index is 13.5. The third kappa shape index (κ3) is 3.54. The summed E-state index contributed by atoms with van der Waals surface area (Å²) < 4.78 is 27.0. The molecule has 0 spiro atoms. The lowest BCUT2D eigenvalue weighted by Crippen LogP contribution is -2.21. The molecule has 0 atom stereocenters. The van der Waals surface area contributed by atoms with Crippen molar-refractivity contribution >= 4 is 23.2 Å². The summed E-state index contributed by atoms with van der Waals surface area (Å²) >= 11 is 5.89. The van der Waals surface area contributed by atoms with Gasteiger partial charge in [-0.3, -0.25) is 4.79 Å². The average Bonchev–Trinajstić information content (AvgIpc) is 2.99. The molecule has 3 rings (SSSR count). The minimum atomic E-state index is -0.866. The third-order valence-corrected chi connectivity index (χ3v) is 3.28. The van der Waals surface area contributed by atoms with E-state index in [0.29, 0.717) is 10.6 Å². The van der Waals surface area contributed by atoms with Crippen molar-refractivity contribution in [2.75, 3.05) is 5.32 Å². The van der Waals surface area contributed by atoms with Crippen molar-refractivity contribution in [1.82, 2.24) is 20.2 Å². The van der Waals surface area contributed by atoms with Crippen LogP contribution < -0.4 is 5.32 Å². The fraction of sp³-hybridized carbons (Fsp3) is 0.0667. The summed E-state index contributed by atoms with van der Waals surface area (Å²) in [5.41, 5.74) is 0.118. The van der Waals surface area contributed by atoms with Crippen molar-refractivity contribution in [2.24, 2.45) is 0 Å². The highest BCUT2D eigenvalue weighted by Gasteiger charge is 2.14. The van der Waals surface area contributed by atoms with Gasteiger partial charge < -0.3 is 5.32 Å². The maximum Gasteiger partial charge on any atom is 0.248 e. The molecule has 0 unspecified atom stereocenters. The number of benzene rings is 2. The molecular formula is C15H10ClF2N5O. The molecule has 0 aliphatic carbocycles. The second-order valence-corrected chi connectivity index (χ2v) is 5.24. The Morgan fingerprint density at radius 2 is 1.88 bits per heavy atom. The number of hydrogen-bond donors (Lipinski definition) is 1. The van der Waals surface area contributed by atoms with Gasteiger partial charge in [0.1, 0.15) is 23.9 Å². The summed E-state index contributed by atoms with van der Waals surface area (Å²) in [6, 6.07) is 10.1. The van der Waals surface area contributed by atoms with Gasteiger partial charge in [-0.25, -0.2) is 8.78 Å². The smallest absolute Gasteiger partial charge is 0.248 e. The van der Waals surface area contributed by atoms with Crippen LogP contribution in [0.5, 0.6) is 0 Å². The predicted molar refractivity (Wildman–Crippen MR) is 83.3 cm³/mol. The molecule has 24 heavy (non-hydrogen) atoms. The van der Waals surface area contributed by atoms with Gasteiger partial charge >= 0.3 is 0 Å². The second-order valence-electron chi connectivity index (χ2n) is 4.80. The van der Waals surface area contributed by atoms with E-state index in [9.17, 15) is 13.6 Å². The zero-order valence-electron chi connectivity index (χ0n) is 12.1. The van der Waals surface area contributed by atoms with E-state index in [1.165, 1.54) is 6.07 Å². The highest BCUT2D eigenvalue weighted by atomic mass is 35.5. The summed E-state index contributed by atoms with van der Waals surface area (Å²) in [7, 11) is 0. The van der Waals surface area contributed by atoms with E-state index in [1.807, 2.05) is 0 Å². The fourth-order valence-electron chi connectivity index (χ4n) is 1.98. The number of rotatable bonds is 4. The molecular weight excluding hydrogens is 340 g/mol. The van der Waals surface area contributed by atoms with Crippen molar-refractivity contribution in [3.05, 3.63) is 59.1 Å². The summed E-state index contributed by atoms with van der Waals surface area (Å²) in [5.74, 6) is -2.14. The van der Waals surface area contributed by atoms with Gasteiger partial charge in [-0.2, -0.15) is 4.80 Å². The number of tetrazole rings is 1. The quantitative estimate of drug-likeness (QED) is 0.786. The molecule has 3 aromatic rings. The van der Waals surface area contributed by atoms with Crippen LogP contribution in [-0.2, 0) is 11.3 Å². The Bertz CT molecular complexity index is 879. The van der Waals surface area contributed by atoms with Crippen molar-refractivity contribution in [3.8, 4) is 11.4 Å². The van der Waals surface area contributed by atoms with E-state index in [4.69, 9.17) is 11.6 Å². The normalized spacial score (nSPS) is 10.6. The monoisotopic (exact) mass is 349 g/mol. The number of halogens is 3. The summed E-state index contributed by atoms with van der Waals surface area (Å²) in [5, 5.41) is 14.2. The SMILES string of the molecule is O=C(Cn1nnc(-c2cccc(Cl)c2)n1)Nc1c(F)cccc1F. The molecule has 1 heterocycles. The average molecular weight is 350 g/mol.